The molecule has 0 aromatic carbocycles. The largest absolute Gasteiger partial charge is 0.522 e. The highest BCUT2D eigenvalue weighted by Gasteiger charge is 2.44. The van der Waals surface area contributed by atoms with Gasteiger partial charge in [0.2, 0.25) is 0 Å². The normalized spacial score (nSPS) is 19.5. The Morgan fingerprint density at radius 1 is 1.09 bits per heavy atom. The van der Waals surface area contributed by atoms with Gasteiger partial charge in [0.05, 0.1) is 0 Å². The Labute approximate surface area is 138 Å². The molecule has 0 spiro atoms. The number of unbranched alkanes of at least 4 members (excludes halogenated alkanes) is 6. The molecule has 0 saturated carbocycles. The minimum Gasteiger partial charge on any atom is -0.301 e. The number of alkyl halides is 3. The second-order valence-corrected chi connectivity index (χ2v) is 7.48. The van der Waals surface area contributed by atoms with Crippen LogP contribution in [0.1, 0.15) is 71.6 Å². The van der Waals surface area contributed by atoms with Crippen LogP contribution in [0.25, 0.3) is 0 Å². The Bertz CT molecular complexity index is 399. The molecule has 0 bridgehead atoms. The molecule has 23 heavy (non-hydrogen) atoms. The van der Waals surface area contributed by atoms with Gasteiger partial charge in [-0.25, -0.2) is 0 Å². The van der Waals surface area contributed by atoms with Crippen LogP contribution < -0.4 is 0 Å². The fraction of sp³-hybridized carbons (Fsp3) is 1.00. The number of likely N-dealkylation sites (tertiary alicyclic amines) is 1. The summed E-state index contributed by atoms with van der Waals surface area (Å²) in [5.74, 6) is 0. The fourth-order valence-corrected chi connectivity index (χ4v) is 2.60. The van der Waals surface area contributed by atoms with Crippen molar-refractivity contribution in [3.8, 4) is 0 Å². The third kappa shape index (κ3) is 10.9. The van der Waals surface area contributed by atoms with E-state index < -0.39 is 15.6 Å². The first-order chi connectivity index (χ1) is 10.6. The van der Waals surface area contributed by atoms with Crippen LogP contribution in [0.4, 0.5) is 13.2 Å². The number of hydrogen-bond donors (Lipinski definition) is 1. The summed E-state index contributed by atoms with van der Waals surface area (Å²) in [5.41, 5.74) is -5.53. The molecule has 140 valence electrons. The van der Waals surface area contributed by atoms with Gasteiger partial charge in [-0.15, -0.1) is 0 Å². The average Bonchev–Trinajstić information content (AvgIpc) is 2.82. The van der Waals surface area contributed by atoms with Crippen LogP contribution in [0.2, 0.25) is 0 Å². The summed E-state index contributed by atoms with van der Waals surface area (Å²) in [5, 5.41) is 0. The molecule has 0 amide bonds. The second-order valence-electron chi connectivity index (χ2n) is 6.07. The molecule has 1 unspecified atom stereocenters. The first-order valence-corrected chi connectivity index (χ1v) is 9.81. The van der Waals surface area contributed by atoms with Crippen molar-refractivity contribution >= 4 is 10.1 Å². The standard InChI is InChI=1S/C14H29N.CHF3O3S/c1-3-4-5-6-7-8-9-12-15-13-10-11-14(15)2;2-1(3,4)8(5,6)7/h14H,3-13H2,1-2H3;(H,5,6,7). The van der Waals surface area contributed by atoms with E-state index in [4.69, 9.17) is 13.0 Å². The van der Waals surface area contributed by atoms with Gasteiger partial charge in [0.1, 0.15) is 0 Å². The summed E-state index contributed by atoms with van der Waals surface area (Å²) in [6.07, 6.45) is 12.9. The summed E-state index contributed by atoms with van der Waals surface area (Å²) in [4.78, 5) is 2.67. The molecule has 4 nitrogen and oxygen atoms in total. The quantitative estimate of drug-likeness (QED) is 0.389. The molecular formula is C15H30F3NO3S. The van der Waals surface area contributed by atoms with E-state index in [1.54, 1.807) is 0 Å². The molecule has 0 radical (unpaired) electrons. The Kier molecular flexibility index (Phi) is 11.1. The van der Waals surface area contributed by atoms with E-state index in [0.717, 1.165) is 6.04 Å². The summed E-state index contributed by atoms with van der Waals surface area (Å²) in [6.45, 7) is 7.38. The Hall–Kier alpha value is -0.340. The van der Waals surface area contributed by atoms with Crippen LogP contribution in [0, 0.1) is 0 Å². The van der Waals surface area contributed by atoms with Gasteiger partial charge < -0.3 is 4.90 Å². The van der Waals surface area contributed by atoms with Gasteiger partial charge in [0, 0.05) is 6.04 Å². The minimum absolute atomic E-state index is 0.866. The van der Waals surface area contributed by atoms with Crippen molar-refractivity contribution in [3.63, 3.8) is 0 Å². The third-order valence-corrected chi connectivity index (χ3v) is 4.62. The van der Waals surface area contributed by atoms with E-state index in [9.17, 15) is 13.2 Å². The lowest BCUT2D eigenvalue weighted by Crippen LogP contribution is -2.27. The highest BCUT2D eigenvalue weighted by molar-refractivity contribution is 7.86. The molecule has 1 N–H and O–H groups in total. The molecule has 1 heterocycles. The molecular weight excluding hydrogens is 331 g/mol. The van der Waals surface area contributed by atoms with Gasteiger partial charge in [-0.1, -0.05) is 45.4 Å². The summed E-state index contributed by atoms with van der Waals surface area (Å²) >= 11 is 0. The van der Waals surface area contributed by atoms with Gasteiger partial charge in [-0.2, -0.15) is 21.6 Å². The first kappa shape index (κ1) is 22.7. The van der Waals surface area contributed by atoms with Crippen molar-refractivity contribution < 1.29 is 26.1 Å². The maximum atomic E-state index is 10.7. The lowest BCUT2D eigenvalue weighted by Gasteiger charge is -2.20. The lowest BCUT2D eigenvalue weighted by atomic mass is 10.1. The second kappa shape index (κ2) is 11.3. The maximum Gasteiger partial charge on any atom is 0.522 e. The lowest BCUT2D eigenvalue weighted by molar-refractivity contribution is -0.0510. The highest BCUT2D eigenvalue weighted by atomic mass is 32.2. The fourth-order valence-electron chi connectivity index (χ4n) is 2.60. The monoisotopic (exact) mass is 361 g/mol. The molecule has 1 aliphatic heterocycles. The van der Waals surface area contributed by atoms with Crippen molar-refractivity contribution in [2.75, 3.05) is 13.1 Å². The predicted octanol–water partition coefficient (Wildman–Crippen LogP) is 4.62. The number of nitrogens with zero attached hydrogens (tertiary/aromatic N) is 1. The molecule has 1 rings (SSSR count). The van der Waals surface area contributed by atoms with Crippen LogP contribution in [-0.2, 0) is 10.1 Å². The Morgan fingerprint density at radius 2 is 1.57 bits per heavy atom. The van der Waals surface area contributed by atoms with Crippen LogP contribution >= 0.6 is 0 Å². The van der Waals surface area contributed by atoms with Gasteiger partial charge in [0.25, 0.3) is 0 Å². The SMILES string of the molecule is CCCCCCCCCN1CCCC1C.O=S(=O)(O)C(F)(F)F. The van der Waals surface area contributed by atoms with Crippen molar-refractivity contribution in [1.82, 2.24) is 4.90 Å². The highest BCUT2D eigenvalue weighted by Crippen LogP contribution is 2.20. The number of hydrogen-bond acceptors (Lipinski definition) is 3. The third-order valence-electron chi connectivity index (χ3n) is 4.03. The molecule has 1 atom stereocenters. The molecule has 0 aromatic heterocycles. The average molecular weight is 361 g/mol. The summed E-state index contributed by atoms with van der Waals surface area (Å²) in [7, 11) is -5.84. The van der Waals surface area contributed by atoms with Crippen LogP contribution in [-0.4, -0.2) is 42.5 Å². The minimum atomic E-state index is -5.84. The van der Waals surface area contributed by atoms with Gasteiger partial charge in [-0.3, -0.25) is 4.55 Å². The Morgan fingerprint density at radius 3 is 1.96 bits per heavy atom. The van der Waals surface area contributed by atoms with E-state index in [2.05, 4.69) is 18.7 Å². The molecule has 8 heteroatoms. The van der Waals surface area contributed by atoms with Gasteiger partial charge >= 0.3 is 15.6 Å². The van der Waals surface area contributed by atoms with Gasteiger partial charge in [-0.05, 0) is 39.3 Å². The molecule has 0 aromatic rings. The molecule has 1 fully saturated rings. The van der Waals surface area contributed by atoms with Crippen molar-refractivity contribution in [1.29, 1.82) is 0 Å². The summed E-state index contributed by atoms with van der Waals surface area (Å²) < 4.78 is 57.5. The zero-order valence-corrected chi connectivity index (χ0v) is 14.9. The van der Waals surface area contributed by atoms with Crippen LogP contribution in [0.3, 0.4) is 0 Å². The molecule has 1 aliphatic rings. The first-order valence-electron chi connectivity index (χ1n) is 8.37. The predicted molar refractivity (Wildman–Crippen MR) is 85.9 cm³/mol. The maximum absolute atomic E-state index is 10.7. The topological polar surface area (TPSA) is 57.6 Å². The van der Waals surface area contributed by atoms with Crippen LogP contribution in [0.15, 0.2) is 0 Å². The van der Waals surface area contributed by atoms with Crippen LogP contribution in [0.5, 0.6) is 0 Å². The van der Waals surface area contributed by atoms with Crippen molar-refractivity contribution in [2.45, 2.75) is 83.2 Å². The Balaban J connectivity index is 0.000000515. The van der Waals surface area contributed by atoms with E-state index >= 15 is 0 Å². The number of halogens is 3. The summed E-state index contributed by atoms with van der Waals surface area (Å²) in [6, 6.07) is 0.866. The molecule has 0 aliphatic carbocycles. The zero-order valence-electron chi connectivity index (χ0n) is 14.1. The van der Waals surface area contributed by atoms with Crippen molar-refractivity contribution in [3.05, 3.63) is 0 Å². The smallest absolute Gasteiger partial charge is 0.301 e. The van der Waals surface area contributed by atoms with Gasteiger partial charge in [0.15, 0.2) is 0 Å². The van der Waals surface area contributed by atoms with E-state index in [-0.39, 0.29) is 0 Å². The van der Waals surface area contributed by atoms with Crippen molar-refractivity contribution in [2.24, 2.45) is 0 Å². The number of rotatable bonds is 8. The van der Waals surface area contributed by atoms with E-state index in [0.29, 0.717) is 0 Å². The van der Waals surface area contributed by atoms with E-state index in [1.807, 2.05) is 0 Å². The molecule has 1 saturated heterocycles. The van der Waals surface area contributed by atoms with E-state index in [1.165, 1.54) is 70.9 Å². The zero-order chi connectivity index (χ0) is 17.9.